The molecule has 1 aliphatic carbocycles. The first-order valence-electron chi connectivity index (χ1n) is 21.5. The van der Waals surface area contributed by atoms with E-state index in [4.69, 9.17) is 9.90 Å². The molecule has 0 spiro atoms. The van der Waals surface area contributed by atoms with E-state index in [0.717, 1.165) is 27.3 Å². The monoisotopic (exact) mass is 670 g/mol. The molecule has 0 N–H and O–H groups in total. The summed E-state index contributed by atoms with van der Waals surface area (Å²) in [5, 5.41) is 4.11. The number of hydrogen-bond acceptors (Lipinski definition) is 1. The standard InChI is InChI=1S/C51H34O/c1-51(2)44-20-10-9-14-36(44)37-27-26-35(29-45(37)51)31-22-24-32(25-23-31)48-38-15-5-7-17-40(38)49(41-18-8-6-16-39(41)48)42-19-11-21-46-50(42)43-28-33-12-3-4-13-34(33)30-47(43)52-46/h3-30H,1-2H3/i5D,6D,7D,8D,15D,16D,17D,18D. The van der Waals surface area contributed by atoms with Crippen molar-refractivity contribution in [1.29, 1.82) is 0 Å². The summed E-state index contributed by atoms with van der Waals surface area (Å²) in [6.45, 7) is 4.48. The number of hydrogen-bond donors (Lipinski definition) is 0. The second-order valence-corrected chi connectivity index (χ2v) is 14.2. The Bertz CT molecular complexity index is 3470. The van der Waals surface area contributed by atoms with E-state index in [0.29, 0.717) is 38.8 Å². The zero-order valence-corrected chi connectivity index (χ0v) is 28.5. The van der Waals surface area contributed by atoms with E-state index < -0.39 is 24.2 Å². The van der Waals surface area contributed by atoms with E-state index in [-0.39, 0.29) is 51.1 Å². The Morgan fingerprint density at radius 1 is 0.442 bits per heavy atom. The highest BCUT2D eigenvalue weighted by Crippen LogP contribution is 2.50. The van der Waals surface area contributed by atoms with Crippen LogP contribution in [0.25, 0.3) is 98.8 Å². The van der Waals surface area contributed by atoms with Crippen LogP contribution in [0.1, 0.15) is 35.9 Å². The summed E-state index contributed by atoms with van der Waals surface area (Å²) in [5.41, 5.74) is 9.61. The van der Waals surface area contributed by atoms with Gasteiger partial charge < -0.3 is 4.42 Å². The highest BCUT2D eigenvalue weighted by molar-refractivity contribution is 6.26. The molecular formula is C51H34O. The summed E-state index contributed by atoms with van der Waals surface area (Å²) in [6, 6.07) is 37.2. The molecule has 10 aromatic rings. The summed E-state index contributed by atoms with van der Waals surface area (Å²) in [6.07, 6.45) is 0. The van der Waals surface area contributed by atoms with Crippen LogP contribution in [0.15, 0.2) is 174 Å². The predicted octanol–water partition coefficient (Wildman–Crippen LogP) is 14.4. The Hall–Kier alpha value is -6.44. The van der Waals surface area contributed by atoms with Gasteiger partial charge in [-0.05, 0) is 112 Å². The summed E-state index contributed by atoms with van der Waals surface area (Å²) < 4.78 is 80.0. The van der Waals surface area contributed by atoms with E-state index in [2.05, 4.69) is 56.3 Å². The Labute approximate surface area is 313 Å². The molecule has 0 saturated heterocycles. The minimum absolute atomic E-state index is 0.167. The van der Waals surface area contributed by atoms with E-state index in [1.807, 2.05) is 72.8 Å². The molecule has 0 radical (unpaired) electrons. The molecule has 0 unspecified atom stereocenters. The molecule has 1 heterocycles. The van der Waals surface area contributed by atoms with E-state index in [9.17, 15) is 5.48 Å². The lowest BCUT2D eigenvalue weighted by molar-refractivity contribution is 0.660. The van der Waals surface area contributed by atoms with Crippen molar-refractivity contribution in [2.24, 2.45) is 0 Å². The summed E-state index contributed by atoms with van der Waals surface area (Å²) in [5.74, 6) is 0. The molecule has 0 atom stereocenters. The van der Waals surface area contributed by atoms with Crippen molar-refractivity contribution in [3.05, 3.63) is 181 Å². The van der Waals surface area contributed by atoms with Crippen LogP contribution in [0.3, 0.4) is 0 Å². The van der Waals surface area contributed by atoms with Crippen LogP contribution in [0.2, 0.25) is 0 Å². The molecule has 1 nitrogen and oxygen atoms in total. The number of furan rings is 1. The van der Waals surface area contributed by atoms with E-state index in [1.165, 1.54) is 22.3 Å². The number of benzene rings is 9. The minimum Gasteiger partial charge on any atom is -0.456 e. The van der Waals surface area contributed by atoms with Crippen LogP contribution in [-0.4, -0.2) is 0 Å². The number of rotatable bonds is 3. The maximum Gasteiger partial charge on any atom is 0.136 e. The maximum absolute atomic E-state index is 9.49. The molecule has 9 aromatic carbocycles. The molecule has 0 amide bonds. The van der Waals surface area contributed by atoms with Crippen molar-refractivity contribution in [1.82, 2.24) is 0 Å². The highest BCUT2D eigenvalue weighted by Gasteiger charge is 2.35. The van der Waals surface area contributed by atoms with Crippen molar-refractivity contribution < 1.29 is 15.4 Å². The zero-order valence-electron chi connectivity index (χ0n) is 36.5. The molecule has 0 aliphatic heterocycles. The van der Waals surface area contributed by atoms with Crippen LogP contribution in [0.4, 0.5) is 0 Å². The van der Waals surface area contributed by atoms with Gasteiger partial charge in [0.1, 0.15) is 11.2 Å². The molecule has 1 aromatic heterocycles. The predicted molar refractivity (Wildman–Crippen MR) is 220 cm³/mol. The topological polar surface area (TPSA) is 13.1 Å². The van der Waals surface area contributed by atoms with Gasteiger partial charge in [-0.1, -0.05) is 159 Å². The maximum atomic E-state index is 9.49. The number of fused-ring (bicyclic) bond motifs is 9. The lowest BCUT2D eigenvalue weighted by atomic mass is 9.81. The smallest absolute Gasteiger partial charge is 0.136 e. The quantitative estimate of drug-likeness (QED) is 0.171. The Morgan fingerprint density at radius 3 is 1.75 bits per heavy atom. The van der Waals surface area contributed by atoms with Crippen LogP contribution in [0, 0.1) is 0 Å². The van der Waals surface area contributed by atoms with Gasteiger partial charge in [0.05, 0.1) is 11.0 Å². The largest absolute Gasteiger partial charge is 0.456 e. The van der Waals surface area contributed by atoms with Gasteiger partial charge in [0.2, 0.25) is 0 Å². The Balaban J connectivity index is 1.22. The normalized spacial score (nSPS) is 15.5. The Kier molecular flexibility index (Phi) is 4.64. The van der Waals surface area contributed by atoms with Crippen LogP contribution in [-0.2, 0) is 5.41 Å². The molecule has 1 aliphatic rings. The average Bonchev–Trinajstić information content (AvgIpc) is 3.75. The van der Waals surface area contributed by atoms with Gasteiger partial charge in [0.25, 0.3) is 0 Å². The van der Waals surface area contributed by atoms with Crippen molar-refractivity contribution in [2.45, 2.75) is 19.3 Å². The van der Waals surface area contributed by atoms with Gasteiger partial charge in [-0.15, -0.1) is 0 Å². The fraction of sp³-hybridized carbons (Fsp3) is 0.0588. The lowest BCUT2D eigenvalue weighted by Gasteiger charge is -2.22. The first kappa shape index (κ1) is 22.4. The Morgan fingerprint density at radius 2 is 1.02 bits per heavy atom. The van der Waals surface area contributed by atoms with Crippen LogP contribution in [0.5, 0.6) is 0 Å². The molecule has 52 heavy (non-hydrogen) atoms. The van der Waals surface area contributed by atoms with Crippen molar-refractivity contribution in [2.75, 3.05) is 0 Å². The summed E-state index contributed by atoms with van der Waals surface area (Å²) in [7, 11) is 0. The molecule has 0 bridgehead atoms. The molecule has 244 valence electrons. The van der Waals surface area contributed by atoms with E-state index in [1.54, 1.807) is 6.07 Å². The molecule has 0 saturated carbocycles. The molecular weight excluding hydrogens is 629 g/mol. The zero-order chi connectivity index (χ0) is 41.5. The minimum atomic E-state index is -0.438. The van der Waals surface area contributed by atoms with Gasteiger partial charge in [0.15, 0.2) is 0 Å². The van der Waals surface area contributed by atoms with Crippen LogP contribution < -0.4 is 0 Å². The van der Waals surface area contributed by atoms with Gasteiger partial charge in [-0.25, -0.2) is 0 Å². The van der Waals surface area contributed by atoms with Gasteiger partial charge in [0, 0.05) is 16.2 Å². The van der Waals surface area contributed by atoms with E-state index >= 15 is 0 Å². The fourth-order valence-corrected chi connectivity index (χ4v) is 8.62. The molecule has 0 fully saturated rings. The SMILES string of the molecule is [2H]c1c([2H])c([2H])c2c(-c3cccc4oc5cc6ccccc6cc5c34)c3c([2H])c([2H])c([2H])c([2H])c3c(-c3ccc(-c4ccc5c(c4)C(C)(C)c4ccccc4-5)cc3)c2c1[2H]. The van der Waals surface area contributed by atoms with Gasteiger partial charge in [-0.2, -0.15) is 0 Å². The third-order valence-electron chi connectivity index (χ3n) is 11.1. The van der Waals surface area contributed by atoms with Crippen LogP contribution >= 0.6 is 0 Å². The highest BCUT2D eigenvalue weighted by atomic mass is 16.3. The van der Waals surface area contributed by atoms with Gasteiger partial charge in [-0.3, -0.25) is 0 Å². The average molecular weight is 671 g/mol. The van der Waals surface area contributed by atoms with Gasteiger partial charge >= 0.3 is 0 Å². The second kappa shape index (κ2) is 10.8. The van der Waals surface area contributed by atoms with Crippen molar-refractivity contribution >= 4 is 54.3 Å². The molecule has 11 rings (SSSR count). The third-order valence-corrected chi connectivity index (χ3v) is 11.1. The fourth-order valence-electron chi connectivity index (χ4n) is 8.62. The third kappa shape index (κ3) is 4.11. The second-order valence-electron chi connectivity index (χ2n) is 14.2. The van der Waals surface area contributed by atoms with Crippen molar-refractivity contribution in [3.8, 4) is 44.5 Å². The molecule has 1 heteroatoms. The first-order valence-corrected chi connectivity index (χ1v) is 17.5. The summed E-state index contributed by atoms with van der Waals surface area (Å²) >= 11 is 0. The van der Waals surface area contributed by atoms with Crippen molar-refractivity contribution in [3.63, 3.8) is 0 Å². The first-order chi connectivity index (χ1) is 28.9. The lowest BCUT2D eigenvalue weighted by Crippen LogP contribution is -2.14. The summed E-state index contributed by atoms with van der Waals surface area (Å²) in [4.78, 5) is 0.